The molecule has 5 aliphatic rings. The molecular formula is C74H108O10. The van der Waals surface area contributed by atoms with Crippen LogP contribution in [0.25, 0.3) is 32.3 Å². The molecular weight excluding hydrogens is 1050 g/mol. The summed E-state index contributed by atoms with van der Waals surface area (Å²) in [7, 11) is 8.41. The van der Waals surface area contributed by atoms with Crippen molar-refractivity contribution in [3.8, 4) is 0 Å². The highest BCUT2D eigenvalue weighted by Crippen LogP contribution is 2.14. The van der Waals surface area contributed by atoms with Crippen LogP contribution in [0, 0.1) is 0 Å². The van der Waals surface area contributed by atoms with E-state index in [1.807, 2.05) is 72.8 Å². The fourth-order valence-electron chi connectivity index (χ4n) is 5.92. The quantitative estimate of drug-likeness (QED) is 0.123. The summed E-state index contributed by atoms with van der Waals surface area (Å²) in [6.45, 7) is 25.3. The summed E-state index contributed by atoms with van der Waals surface area (Å²) < 4.78 is 47.8. The van der Waals surface area contributed by atoms with Gasteiger partial charge in [-0.25, -0.2) is 0 Å². The van der Waals surface area contributed by atoms with Crippen LogP contribution in [0.4, 0.5) is 0 Å². The lowest BCUT2D eigenvalue weighted by Gasteiger charge is -1.92. The minimum absolute atomic E-state index is 0.426. The third-order valence-electron chi connectivity index (χ3n) is 10.1. The molecule has 84 heavy (non-hydrogen) atoms. The first kappa shape index (κ1) is 78.1. The van der Waals surface area contributed by atoms with Gasteiger partial charge in [0.05, 0.1) is 66.1 Å². The maximum Gasteiger partial charge on any atom is 0.104 e. The van der Waals surface area contributed by atoms with Crippen LogP contribution in [0.3, 0.4) is 0 Å². The molecule has 0 saturated carbocycles. The van der Waals surface area contributed by atoms with Gasteiger partial charge in [-0.05, 0) is 32.3 Å². The Balaban J connectivity index is 0.000000899. The summed E-state index contributed by atoms with van der Waals surface area (Å²) in [6, 6.07) is 74.1. The Kier molecular flexibility index (Phi) is 54.8. The van der Waals surface area contributed by atoms with Gasteiger partial charge >= 0.3 is 0 Å². The van der Waals surface area contributed by atoms with Crippen LogP contribution in [0.15, 0.2) is 218 Å². The minimum Gasteiger partial charge on any atom is -0.382 e. The molecule has 8 aromatic rings. The highest BCUT2D eigenvalue weighted by molar-refractivity contribution is 5.83. The van der Waals surface area contributed by atoms with Gasteiger partial charge in [0.2, 0.25) is 0 Å². The second-order valence-electron chi connectivity index (χ2n) is 19.2. The van der Waals surface area contributed by atoms with E-state index >= 15 is 0 Å². The van der Waals surface area contributed by atoms with Gasteiger partial charge in [-0.3, -0.25) is 0 Å². The molecule has 464 valence electrons. The van der Waals surface area contributed by atoms with E-state index in [0.29, 0.717) is 30.5 Å². The molecule has 0 amide bonds. The SMILES string of the molecule is CCC.CCC.CCC.CCC.COCC1CO1.COCC1CO1.COCC1CO1.COCC1CO1.COCC1CO1.c1ccc2ccccc2c1.c1ccc2ccccc2c1.c1ccc2ccccc2c1.c1ccccc1.c1ccccc1. The zero-order valence-corrected chi connectivity index (χ0v) is 53.7. The summed E-state index contributed by atoms with van der Waals surface area (Å²) in [5.74, 6) is 0. The first-order chi connectivity index (χ1) is 41.2. The molecule has 0 aromatic heterocycles. The molecule has 8 aromatic carbocycles. The Morgan fingerprint density at radius 3 is 0.381 bits per heavy atom. The molecule has 0 N–H and O–H groups in total. The average molecular weight is 1160 g/mol. The Labute approximate surface area is 509 Å². The van der Waals surface area contributed by atoms with Crippen LogP contribution in [-0.4, -0.2) is 132 Å². The summed E-state index contributed by atoms with van der Waals surface area (Å²) in [5.41, 5.74) is 0. The predicted molar refractivity (Wildman–Crippen MR) is 357 cm³/mol. The average Bonchev–Trinajstić information content (AvgIpc) is 4.33. The van der Waals surface area contributed by atoms with Crippen LogP contribution < -0.4 is 0 Å². The lowest BCUT2D eigenvalue weighted by molar-refractivity contribution is 0.171. The van der Waals surface area contributed by atoms with E-state index in [4.69, 9.17) is 47.4 Å². The van der Waals surface area contributed by atoms with Crippen molar-refractivity contribution in [3.05, 3.63) is 218 Å². The number of benzene rings is 8. The van der Waals surface area contributed by atoms with Crippen molar-refractivity contribution in [3.63, 3.8) is 0 Å². The molecule has 13 rings (SSSR count). The summed E-state index contributed by atoms with van der Waals surface area (Å²) in [4.78, 5) is 0. The monoisotopic (exact) mass is 1160 g/mol. The number of hydrogen-bond donors (Lipinski definition) is 0. The first-order valence-electron chi connectivity index (χ1n) is 30.1. The van der Waals surface area contributed by atoms with Crippen molar-refractivity contribution < 1.29 is 47.4 Å². The van der Waals surface area contributed by atoms with Gasteiger partial charge in [0, 0.05) is 35.5 Å². The van der Waals surface area contributed by atoms with Crippen molar-refractivity contribution in [2.75, 3.05) is 102 Å². The Hall–Kier alpha value is -5.86. The molecule has 0 bridgehead atoms. The highest BCUT2D eigenvalue weighted by atomic mass is 16.6. The van der Waals surface area contributed by atoms with E-state index in [-0.39, 0.29) is 0 Å². The molecule has 5 atom stereocenters. The Morgan fingerprint density at radius 2 is 0.321 bits per heavy atom. The number of methoxy groups -OCH3 is 5. The predicted octanol–water partition coefficient (Wildman–Crippen LogP) is 17.7. The number of rotatable bonds is 10. The van der Waals surface area contributed by atoms with Gasteiger partial charge in [0.15, 0.2) is 0 Å². The molecule has 5 fully saturated rings. The van der Waals surface area contributed by atoms with E-state index in [9.17, 15) is 0 Å². The zero-order valence-electron chi connectivity index (χ0n) is 53.7. The van der Waals surface area contributed by atoms with Crippen molar-refractivity contribution in [1.29, 1.82) is 0 Å². The maximum absolute atomic E-state index is 4.82. The second kappa shape index (κ2) is 58.9. The van der Waals surface area contributed by atoms with E-state index in [1.165, 1.54) is 58.0 Å². The molecule has 0 aliphatic carbocycles. The molecule has 0 spiro atoms. The lowest BCUT2D eigenvalue weighted by atomic mass is 10.1. The standard InChI is InChI=1S/3C10H8.2C6H6.5C4H8O2.4C3H8/c3*1-2-6-10-8-4-3-7-9(10)5-1;2*1-2-4-6-5-3-1;5*1-5-2-4-3-6-4;4*1-3-2/h3*1-8H;2*1-6H;5*4H,2-3H2,1H3;4*3H2,1-2H3. The van der Waals surface area contributed by atoms with E-state index < -0.39 is 0 Å². The van der Waals surface area contributed by atoms with Gasteiger partial charge < -0.3 is 47.4 Å². The number of hydrogen-bond acceptors (Lipinski definition) is 10. The van der Waals surface area contributed by atoms with Crippen molar-refractivity contribution in [1.82, 2.24) is 0 Å². The highest BCUT2D eigenvalue weighted by Gasteiger charge is 2.23. The van der Waals surface area contributed by atoms with E-state index in [1.54, 1.807) is 35.5 Å². The van der Waals surface area contributed by atoms with Crippen LogP contribution >= 0.6 is 0 Å². The maximum atomic E-state index is 4.82. The third kappa shape index (κ3) is 52.9. The van der Waals surface area contributed by atoms with Gasteiger partial charge in [0.25, 0.3) is 0 Å². The molecule has 0 radical (unpaired) electrons. The largest absolute Gasteiger partial charge is 0.382 e. The molecule has 5 saturated heterocycles. The smallest absolute Gasteiger partial charge is 0.104 e. The van der Waals surface area contributed by atoms with E-state index in [0.717, 1.165) is 66.1 Å². The van der Waals surface area contributed by atoms with E-state index in [2.05, 4.69) is 201 Å². The van der Waals surface area contributed by atoms with Crippen molar-refractivity contribution >= 4 is 32.3 Å². The van der Waals surface area contributed by atoms with Crippen LogP contribution in [0.1, 0.15) is 81.1 Å². The normalized spacial score (nSPS) is 16.5. The van der Waals surface area contributed by atoms with Crippen molar-refractivity contribution in [2.24, 2.45) is 0 Å². The van der Waals surface area contributed by atoms with Crippen molar-refractivity contribution in [2.45, 2.75) is 112 Å². The van der Waals surface area contributed by atoms with Gasteiger partial charge in [-0.1, -0.05) is 299 Å². The number of epoxide rings is 5. The molecule has 5 unspecified atom stereocenters. The first-order valence-corrected chi connectivity index (χ1v) is 30.1. The van der Waals surface area contributed by atoms with Crippen LogP contribution in [0.2, 0.25) is 0 Å². The molecule has 10 heteroatoms. The molecule has 5 heterocycles. The van der Waals surface area contributed by atoms with Gasteiger partial charge in [-0.15, -0.1) is 0 Å². The molecule has 10 nitrogen and oxygen atoms in total. The summed E-state index contributed by atoms with van der Waals surface area (Å²) in [5, 5.41) is 7.86. The topological polar surface area (TPSA) is 109 Å². The Bertz CT molecular complexity index is 1990. The summed E-state index contributed by atoms with van der Waals surface area (Å²) in [6.07, 6.45) is 7.13. The lowest BCUT2D eigenvalue weighted by Crippen LogP contribution is -1.94. The minimum atomic E-state index is 0.426. The zero-order chi connectivity index (χ0) is 61.8. The third-order valence-corrected chi connectivity index (χ3v) is 10.1. The fourth-order valence-corrected chi connectivity index (χ4v) is 5.92. The number of ether oxygens (including phenoxy) is 10. The fraction of sp³-hybridized carbons (Fsp3) is 0.432. The summed E-state index contributed by atoms with van der Waals surface area (Å²) >= 11 is 0. The number of fused-ring (bicyclic) bond motifs is 3. The van der Waals surface area contributed by atoms with Gasteiger partial charge in [0.1, 0.15) is 30.5 Å². The van der Waals surface area contributed by atoms with Crippen LogP contribution in [-0.2, 0) is 47.4 Å². The Morgan fingerprint density at radius 1 is 0.226 bits per heavy atom. The molecule has 5 aliphatic heterocycles. The second-order valence-corrected chi connectivity index (χ2v) is 19.2. The van der Waals surface area contributed by atoms with Gasteiger partial charge in [-0.2, -0.15) is 0 Å². The van der Waals surface area contributed by atoms with Crippen LogP contribution in [0.5, 0.6) is 0 Å².